The topological polar surface area (TPSA) is 114 Å². The summed E-state index contributed by atoms with van der Waals surface area (Å²) in [4.78, 5) is 15.0. The van der Waals surface area contributed by atoms with Gasteiger partial charge in [0.25, 0.3) is 0 Å². The second kappa shape index (κ2) is 4.85. The van der Waals surface area contributed by atoms with Crippen LogP contribution in [0, 0.1) is 11.3 Å². The van der Waals surface area contributed by atoms with Gasteiger partial charge in [0.15, 0.2) is 0 Å². The molecule has 0 radical (unpaired) electrons. The third kappa shape index (κ3) is 2.22. The van der Waals surface area contributed by atoms with Crippen LogP contribution < -0.4 is 10.5 Å². The highest BCUT2D eigenvalue weighted by atomic mass is 16.5. The molecule has 0 aliphatic rings. The van der Waals surface area contributed by atoms with Crippen molar-refractivity contribution in [2.45, 2.75) is 6.61 Å². The smallest absolute Gasteiger partial charge is 0.320 e. The SMILES string of the molecule is N#Cc1cc2c(N)nc(OCc3ccncc3)nc2[nH]1. The molecule has 0 saturated heterocycles. The second-order valence-corrected chi connectivity index (χ2v) is 4.09. The van der Waals surface area contributed by atoms with Crippen LogP contribution in [0.4, 0.5) is 5.82 Å². The predicted molar refractivity (Wildman–Crippen MR) is 71.6 cm³/mol. The second-order valence-electron chi connectivity index (χ2n) is 4.09. The van der Waals surface area contributed by atoms with Gasteiger partial charge in [-0.1, -0.05) is 0 Å². The highest BCUT2D eigenvalue weighted by Gasteiger charge is 2.09. The molecule has 0 spiro atoms. The van der Waals surface area contributed by atoms with E-state index in [1.165, 1.54) is 0 Å². The first-order valence-electron chi connectivity index (χ1n) is 5.84. The van der Waals surface area contributed by atoms with E-state index in [1.807, 2.05) is 18.2 Å². The van der Waals surface area contributed by atoms with Crippen LogP contribution in [0.15, 0.2) is 30.6 Å². The number of nitriles is 1. The Kier molecular flexibility index (Phi) is 2.89. The first kappa shape index (κ1) is 11.9. The number of fused-ring (bicyclic) bond motifs is 1. The molecule has 0 aromatic carbocycles. The molecule has 98 valence electrons. The van der Waals surface area contributed by atoms with Crippen LogP contribution in [0.5, 0.6) is 6.01 Å². The zero-order valence-electron chi connectivity index (χ0n) is 10.4. The number of rotatable bonds is 3. The number of nitrogens with two attached hydrogens (primary N) is 1. The molecule has 0 aliphatic carbocycles. The van der Waals surface area contributed by atoms with Gasteiger partial charge in [-0.25, -0.2) is 0 Å². The summed E-state index contributed by atoms with van der Waals surface area (Å²) < 4.78 is 5.49. The maximum Gasteiger partial charge on any atom is 0.320 e. The maximum atomic E-state index is 8.84. The molecule has 0 fully saturated rings. The zero-order chi connectivity index (χ0) is 13.9. The van der Waals surface area contributed by atoms with Crippen molar-refractivity contribution in [3.05, 3.63) is 41.9 Å². The Labute approximate surface area is 114 Å². The minimum Gasteiger partial charge on any atom is -0.458 e. The Morgan fingerprint density at radius 2 is 2.10 bits per heavy atom. The number of H-pyrrole nitrogens is 1. The Balaban J connectivity index is 1.87. The first-order chi connectivity index (χ1) is 9.76. The lowest BCUT2D eigenvalue weighted by Gasteiger charge is -2.05. The van der Waals surface area contributed by atoms with Gasteiger partial charge in [-0.3, -0.25) is 4.98 Å². The molecule has 3 aromatic rings. The monoisotopic (exact) mass is 266 g/mol. The fourth-order valence-electron chi connectivity index (χ4n) is 1.76. The highest BCUT2D eigenvalue weighted by Crippen LogP contribution is 2.21. The van der Waals surface area contributed by atoms with Crippen LogP contribution >= 0.6 is 0 Å². The third-order valence-electron chi connectivity index (χ3n) is 2.73. The molecule has 3 aromatic heterocycles. The summed E-state index contributed by atoms with van der Waals surface area (Å²) >= 11 is 0. The van der Waals surface area contributed by atoms with Gasteiger partial charge < -0.3 is 15.5 Å². The Hall–Kier alpha value is -3.14. The minimum atomic E-state index is 0.165. The summed E-state index contributed by atoms with van der Waals surface area (Å²) in [6.45, 7) is 0.319. The summed E-state index contributed by atoms with van der Waals surface area (Å²) in [7, 11) is 0. The minimum absolute atomic E-state index is 0.165. The molecule has 3 heterocycles. The number of nitrogens with one attached hydrogen (secondary N) is 1. The molecule has 0 saturated carbocycles. The van der Waals surface area contributed by atoms with Gasteiger partial charge in [0.05, 0.1) is 5.39 Å². The van der Waals surface area contributed by atoms with Gasteiger partial charge in [-0.2, -0.15) is 15.2 Å². The van der Waals surface area contributed by atoms with Gasteiger partial charge in [0.1, 0.15) is 29.8 Å². The van der Waals surface area contributed by atoms with Gasteiger partial charge in [0, 0.05) is 12.4 Å². The summed E-state index contributed by atoms with van der Waals surface area (Å²) in [5.41, 5.74) is 7.64. The number of nitrogen functional groups attached to an aromatic ring is 1. The third-order valence-corrected chi connectivity index (χ3v) is 2.73. The molecule has 7 nitrogen and oxygen atoms in total. The molecule has 7 heteroatoms. The standard InChI is InChI=1S/C13H10N6O/c14-6-9-5-10-11(15)18-13(19-12(10)17-9)20-7-8-1-3-16-4-2-8/h1-5H,7H2,(H3,15,17,18,19). The van der Waals surface area contributed by atoms with Crippen molar-refractivity contribution >= 4 is 16.9 Å². The van der Waals surface area contributed by atoms with Crippen LogP contribution in [-0.4, -0.2) is 19.9 Å². The lowest BCUT2D eigenvalue weighted by molar-refractivity contribution is 0.282. The largest absolute Gasteiger partial charge is 0.458 e. The quantitative estimate of drug-likeness (QED) is 0.740. The number of pyridine rings is 1. The van der Waals surface area contributed by atoms with Gasteiger partial charge >= 0.3 is 6.01 Å². The summed E-state index contributed by atoms with van der Waals surface area (Å²) in [6, 6.07) is 7.44. The Bertz CT molecular complexity index is 790. The van der Waals surface area contributed by atoms with Crippen molar-refractivity contribution in [3.63, 3.8) is 0 Å². The van der Waals surface area contributed by atoms with Gasteiger partial charge in [-0.05, 0) is 23.8 Å². The van der Waals surface area contributed by atoms with Crippen molar-refractivity contribution < 1.29 is 4.74 Å². The van der Waals surface area contributed by atoms with Crippen molar-refractivity contribution in [1.82, 2.24) is 19.9 Å². The van der Waals surface area contributed by atoms with Crippen molar-refractivity contribution in [2.24, 2.45) is 0 Å². The highest BCUT2D eigenvalue weighted by molar-refractivity contribution is 5.87. The van der Waals surface area contributed by atoms with E-state index >= 15 is 0 Å². The number of nitrogens with zero attached hydrogens (tertiary/aromatic N) is 4. The van der Waals surface area contributed by atoms with Crippen LogP contribution in [0.3, 0.4) is 0 Å². The molecular weight excluding hydrogens is 256 g/mol. The zero-order valence-corrected chi connectivity index (χ0v) is 10.4. The van der Waals surface area contributed by atoms with Gasteiger partial charge in [0.2, 0.25) is 0 Å². The number of hydrogen-bond donors (Lipinski definition) is 2. The Morgan fingerprint density at radius 3 is 2.85 bits per heavy atom. The molecule has 20 heavy (non-hydrogen) atoms. The summed E-state index contributed by atoms with van der Waals surface area (Å²) in [5.74, 6) is 0.275. The van der Waals surface area contributed by atoms with Crippen molar-refractivity contribution in [3.8, 4) is 12.1 Å². The number of aromatic amines is 1. The first-order valence-corrected chi connectivity index (χ1v) is 5.84. The van der Waals surface area contributed by atoms with Crippen molar-refractivity contribution in [2.75, 3.05) is 5.73 Å². The number of anilines is 1. The molecule has 0 amide bonds. The fraction of sp³-hybridized carbons (Fsp3) is 0.0769. The average molecular weight is 266 g/mol. The van der Waals surface area contributed by atoms with Gasteiger partial charge in [-0.15, -0.1) is 0 Å². The van der Waals surface area contributed by atoms with E-state index in [4.69, 9.17) is 15.7 Å². The fourth-order valence-corrected chi connectivity index (χ4v) is 1.76. The van der Waals surface area contributed by atoms with E-state index in [0.29, 0.717) is 23.3 Å². The number of aromatic nitrogens is 4. The maximum absolute atomic E-state index is 8.84. The van der Waals surface area contributed by atoms with Crippen LogP contribution in [0.1, 0.15) is 11.3 Å². The van der Waals surface area contributed by atoms with E-state index in [2.05, 4.69) is 19.9 Å². The molecule has 0 aliphatic heterocycles. The van der Waals surface area contributed by atoms with E-state index < -0.39 is 0 Å². The lowest BCUT2D eigenvalue weighted by atomic mass is 10.3. The normalized spacial score (nSPS) is 10.3. The predicted octanol–water partition coefficient (Wildman–Crippen LogP) is 1.39. The number of hydrogen-bond acceptors (Lipinski definition) is 6. The molecule has 3 rings (SSSR count). The van der Waals surface area contributed by atoms with Crippen LogP contribution in [0.2, 0.25) is 0 Å². The van der Waals surface area contributed by atoms with E-state index in [1.54, 1.807) is 18.5 Å². The average Bonchev–Trinajstić information content (AvgIpc) is 2.90. The van der Waals surface area contributed by atoms with E-state index in [0.717, 1.165) is 5.56 Å². The van der Waals surface area contributed by atoms with E-state index in [9.17, 15) is 0 Å². The van der Waals surface area contributed by atoms with E-state index in [-0.39, 0.29) is 11.8 Å². The molecule has 0 bridgehead atoms. The van der Waals surface area contributed by atoms with Crippen LogP contribution in [-0.2, 0) is 6.61 Å². The number of ether oxygens (including phenoxy) is 1. The Morgan fingerprint density at radius 1 is 1.30 bits per heavy atom. The molecule has 0 unspecified atom stereocenters. The van der Waals surface area contributed by atoms with Crippen LogP contribution in [0.25, 0.3) is 11.0 Å². The molecule has 3 N–H and O–H groups in total. The molecule has 0 atom stereocenters. The summed E-state index contributed by atoms with van der Waals surface area (Å²) in [5, 5.41) is 9.45. The van der Waals surface area contributed by atoms with Crippen molar-refractivity contribution in [1.29, 1.82) is 5.26 Å². The lowest BCUT2D eigenvalue weighted by Crippen LogP contribution is -2.02. The summed E-state index contributed by atoms with van der Waals surface area (Å²) in [6.07, 6.45) is 3.36. The molecular formula is C13H10N6O.